The van der Waals surface area contributed by atoms with Crippen LogP contribution in [0.1, 0.15) is 22.6 Å². The summed E-state index contributed by atoms with van der Waals surface area (Å²) in [7, 11) is 0. The number of amides is 2. The zero-order valence-electron chi connectivity index (χ0n) is 13.5. The van der Waals surface area contributed by atoms with Crippen LogP contribution < -0.4 is 10.6 Å². The molecule has 4 heteroatoms. The van der Waals surface area contributed by atoms with Gasteiger partial charge in [0.15, 0.2) is 0 Å². The summed E-state index contributed by atoms with van der Waals surface area (Å²) < 4.78 is 0. The highest BCUT2D eigenvalue weighted by Gasteiger charge is 2.56. The molecule has 2 aliphatic rings. The van der Waals surface area contributed by atoms with Crippen molar-refractivity contribution in [1.29, 1.82) is 0 Å². The predicted octanol–water partition coefficient (Wildman–Crippen LogP) is 2.23. The van der Waals surface area contributed by atoms with Gasteiger partial charge in [0, 0.05) is 12.0 Å². The zero-order chi connectivity index (χ0) is 16.5. The minimum atomic E-state index is -0.265. The third-order valence-corrected chi connectivity index (χ3v) is 5.22. The van der Waals surface area contributed by atoms with Gasteiger partial charge in [-0.3, -0.25) is 0 Å². The molecule has 0 saturated heterocycles. The fourth-order valence-electron chi connectivity index (χ4n) is 3.99. The monoisotopic (exact) mass is 322 g/mol. The molecule has 2 aromatic carbocycles. The molecule has 0 heterocycles. The number of fused-ring (bicyclic) bond motifs is 3. The van der Waals surface area contributed by atoms with Gasteiger partial charge < -0.3 is 15.7 Å². The van der Waals surface area contributed by atoms with Gasteiger partial charge in [0.25, 0.3) is 0 Å². The molecular formula is C20H22N2O2. The first-order chi connectivity index (χ1) is 11.8. The molecule has 24 heavy (non-hydrogen) atoms. The second-order valence-corrected chi connectivity index (χ2v) is 6.81. The average Bonchev–Trinajstić information content (AvgIpc) is 3.11. The summed E-state index contributed by atoms with van der Waals surface area (Å²) in [6.07, 6.45) is 1.68. The van der Waals surface area contributed by atoms with Gasteiger partial charge in [0.2, 0.25) is 0 Å². The number of urea groups is 1. The lowest BCUT2D eigenvalue weighted by atomic mass is 10.1. The smallest absolute Gasteiger partial charge is 0.315 e. The summed E-state index contributed by atoms with van der Waals surface area (Å²) in [6.45, 7) is -0.0668. The second-order valence-electron chi connectivity index (χ2n) is 6.81. The molecule has 0 spiro atoms. The summed E-state index contributed by atoms with van der Waals surface area (Å²) in [6, 6.07) is 18.2. The van der Waals surface area contributed by atoms with Crippen molar-refractivity contribution < 1.29 is 9.90 Å². The van der Waals surface area contributed by atoms with Gasteiger partial charge in [-0.25, -0.2) is 4.79 Å². The molecule has 2 aromatic rings. The van der Waals surface area contributed by atoms with Crippen molar-refractivity contribution in [2.24, 2.45) is 5.92 Å². The van der Waals surface area contributed by atoms with E-state index in [2.05, 4.69) is 34.9 Å². The highest BCUT2D eigenvalue weighted by molar-refractivity contribution is 5.75. The minimum absolute atomic E-state index is 0.0668. The number of nitrogens with one attached hydrogen (secondary N) is 2. The number of rotatable bonds is 5. The Morgan fingerprint density at radius 3 is 2.67 bits per heavy atom. The lowest BCUT2D eigenvalue weighted by molar-refractivity contribution is 0.215. The molecule has 1 fully saturated rings. The summed E-state index contributed by atoms with van der Waals surface area (Å²) >= 11 is 0. The van der Waals surface area contributed by atoms with Crippen molar-refractivity contribution in [3.05, 3.63) is 71.3 Å². The van der Waals surface area contributed by atoms with Crippen LogP contribution in [0, 0.1) is 5.92 Å². The van der Waals surface area contributed by atoms with Crippen LogP contribution in [-0.2, 0) is 12.8 Å². The van der Waals surface area contributed by atoms with Gasteiger partial charge in [0.1, 0.15) is 0 Å². The van der Waals surface area contributed by atoms with Crippen molar-refractivity contribution in [3.63, 3.8) is 0 Å². The Labute approximate surface area is 141 Å². The average molecular weight is 322 g/mol. The van der Waals surface area contributed by atoms with E-state index in [4.69, 9.17) is 0 Å². The molecule has 124 valence electrons. The number of benzene rings is 2. The highest BCUT2D eigenvalue weighted by atomic mass is 16.3. The third-order valence-electron chi connectivity index (χ3n) is 5.22. The van der Waals surface area contributed by atoms with Crippen molar-refractivity contribution in [3.8, 4) is 0 Å². The van der Waals surface area contributed by atoms with Gasteiger partial charge in [-0.15, -0.1) is 0 Å². The van der Waals surface area contributed by atoms with E-state index in [1.807, 2.05) is 30.3 Å². The maximum absolute atomic E-state index is 12.3. The van der Waals surface area contributed by atoms with Crippen LogP contribution in [0.4, 0.5) is 4.79 Å². The molecular weight excluding hydrogens is 300 g/mol. The number of carbonyl (C=O) groups is 1. The fourth-order valence-corrected chi connectivity index (χ4v) is 3.99. The summed E-state index contributed by atoms with van der Waals surface area (Å²) in [4.78, 5) is 12.3. The fraction of sp³-hybridized carbons (Fsp3) is 0.350. The van der Waals surface area contributed by atoms with Crippen molar-refractivity contribution in [2.75, 3.05) is 6.61 Å². The molecule has 0 radical (unpaired) electrons. The zero-order valence-corrected chi connectivity index (χ0v) is 13.5. The van der Waals surface area contributed by atoms with Gasteiger partial charge in [-0.1, -0.05) is 54.6 Å². The van der Waals surface area contributed by atoms with E-state index < -0.39 is 0 Å². The second kappa shape index (κ2) is 6.29. The van der Waals surface area contributed by atoms with Crippen molar-refractivity contribution >= 4 is 6.03 Å². The number of aliphatic hydroxyl groups is 1. The first-order valence-electron chi connectivity index (χ1n) is 8.56. The van der Waals surface area contributed by atoms with Gasteiger partial charge >= 0.3 is 6.03 Å². The Kier molecular flexibility index (Phi) is 3.98. The molecule has 2 aliphatic carbocycles. The molecule has 4 atom stereocenters. The van der Waals surface area contributed by atoms with E-state index in [1.54, 1.807) is 0 Å². The lowest BCUT2D eigenvalue weighted by Gasteiger charge is -2.18. The first kappa shape index (κ1) is 15.2. The Balaban J connectivity index is 1.31. The van der Waals surface area contributed by atoms with Crippen LogP contribution in [-0.4, -0.2) is 29.8 Å². The largest absolute Gasteiger partial charge is 0.394 e. The van der Waals surface area contributed by atoms with Crippen molar-refractivity contribution in [1.82, 2.24) is 10.6 Å². The Hall–Kier alpha value is -2.33. The van der Waals surface area contributed by atoms with Gasteiger partial charge in [0.05, 0.1) is 12.6 Å². The minimum Gasteiger partial charge on any atom is -0.394 e. The van der Waals surface area contributed by atoms with Crippen molar-refractivity contribution in [2.45, 2.75) is 30.8 Å². The molecule has 2 amide bonds. The standard InChI is InChI=1S/C20H22N2O2/c23-12-15(10-13-6-2-1-3-7-13)21-20(24)22-19-17-11-14-8-4-5-9-16(14)18(17)19/h1-9,15,17-19,23H,10-12H2,(H2,21,22,24)/t15-,17-,18-,19+/m0/s1. The molecule has 0 aromatic heterocycles. The van der Waals surface area contributed by atoms with E-state index in [1.165, 1.54) is 11.1 Å². The van der Waals surface area contributed by atoms with Crippen LogP contribution in [0.3, 0.4) is 0 Å². The van der Waals surface area contributed by atoms with Crippen LogP contribution in [0.15, 0.2) is 54.6 Å². The molecule has 3 N–H and O–H groups in total. The van der Waals surface area contributed by atoms with E-state index in [-0.39, 0.29) is 24.7 Å². The normalized spacial score (nSPS) is 24.6. The van der Waals surface area contributed by atoms with E-state index in [0.29, 0.717) is 18.3 Å². The number of hydrogen-bond acceptors (Lipinski definition) is 2. The van der Waals surface area contributed by atoms with E-state index in [0.717, 1.165) is 12.0 Å². The number of hydrogen-bond donors (Lipinski definition) is 3. The number of carbonyl (C=O) groups excluding carboxylic acids is 1. The quantitative estimate of drug-likeness (QED) is 0.790. The third kappa shape index (κ3) is 2.89. The van der Waals surface area contributed by atoms with Crippen LogP contribution >= 0.6 is 0 Å². The van der Waals surface area contributed by atoms with Gasteiger partial charge in [-0.2, -0.15) is 0 Å². The summed E-state index contributed by atoms with van der Waals surface area (Å²) in [5.41, 5.74) is 3.91. The predicted molar refractivity (Wildman–Crippen MR) is 92.9 cm³/mol. The molecule has 1 saturated carbocycles. The van der Waals surface area contributed by atoms with Crippen LogP contribution in [0.2, 0.25) is 0 Å². The highest BCUT2D eigenvalue weighted by Crippen LogP contribution is 2.56. The van der Waals surface area contributed by atoms with Crippen LogP contribution in [0.5, 0.6) is 0 Å². The Bertz CT molecular complexity index is 725. The Morgan fingerprint density at radius 1 is 1.12 bits per heavy atom. The van der Waals surface area contributed by atoms with E-state index in [9.17, 15) is 9.90 Å². The molecule has 0 aliphatic heterocycles. The Morgan fingerprint density at radius 2 is 1.88 bits per heavy atom. The summed E-state index contributed by atoms with van der Waals surface area (Å²) in [5, 5.41) is 15.5. The van der Waals surface area contributed by atoms with Crippen LogP contribution in [0.25, 0.3) is 0 Å². The lowest BCUT2D eigenvalue weighted by Crippen LogP contribution is -2.46. The maximum atomic E-state index is 12.3. The number of aliphatic hydroxyl groups excluding tert-OH is 1. The first-order valence-corrected chi connectivity index (χ1v) is 8.56. The molecule has 4 rings (SSSR count). The summed E-state index contributed by atoms with van der Waals surface area (Å²) in [5.74, 6) is 1.00. The SMILES string of the molecule is O=C(N[C@H](CO)Cc1ccccc1)N[C@@H]1[C@H]2Cc3ccccc3[C@@H]21. The van der Waals surface area contributed by atoms with Gasteiger partial charge in [-0.05, 0) is 35.4 Å². The maximum Gasteiger partial charge on any atom is 0.315 e. The molecule has 0 unspecified atom stereocenters. The molecule has 4 nitrogen and oxygen atoms in total. The topological polar surface area (TPSA) is 61.4 Å². The molecule has 0 bridgehead atoms. The van der Waals surface area contributed by atoms with E-state index >= 15 is 0 Å².